The number of anilines is 1. The normalized spacial score (nSPS) is 19.0. The Hall–Kier alpha value is -3.35. The third-order valence-electron chi connectivity index (χ3n) is 4.62. The molecule has 130 valence electrons. The largest absolute Gasteiger partial charge is 0.326 e. The molecule has 0 fully saturated rings. The number of hydrogen-bond acceptors (Lipinski definition) is 5. The topological polar surface area (TPSA) is 91.7 Å². The maximum absolute atomic E-state index is 13.1. The van der Waals surface area contributed by atoms with Crippen molar-refractivity contribution in [3.05, 3.63) is 59.4 Å². The molecule has 0 unspecified atom stereocenters. The van der Waals surface area contributed by atoms with E-state index in [-0.39, 0.29) is 17.6 Å². The van der Waals surface area contributed by atoms with Crippen LogP contribution in [0.25, 0.3) is 0 Å². The summed E-state index contributed by atoms with van der Waals surface area (Å²) in [5.74, 6) is -1.66. The second-order valence-electron chi connectivity index (χ2n) is 6.30. The van der Waals surface area contributed by atoms with Gasteiger partial charge in [0, 0.05) is 42.7 Å². The molecule has 0 aliphatic carbocycles. The van der Waals surface area contributed by atoms with Gasteiger partial charge in [-0.2, -0.15) is 5.10 Å². The first-order chi connectivity index (χ1) is 12.5. The van der Waals surface area contributed by atoms with Crippen LogP contribution in [0.2, 0.25) is 0 Å². The summed E-state index contributed by atoms with van der Waals surface area (Å²) in [5, 5.41) is 8.26. The number of fused-ring (bicyclic) bond motifs is 1. The van der Waals surface area contributed by atoms with Crippen LogP contribution in [0, 0.1) is 5.92 Å². The fourth-order valence-electron chi connectivity index (χ4n) is 3.26. The van der Waals surface area contributed by atoms with Gasteiger partial charge < -0.3 is 5.32 Å². The van der Waals surface area contributed by atoms with Crippen LogP contribution in [0.5, 0.6) is 0 Å². The Morgan fingerprint density at radius 1 is 1.15 bits per heavy atom. The molecule has 1 aromatic heterocycles. The zero-order valence-electron chi connectivity index (χ0n) is 14.1. The number of aromatic nitrogens is 1. The smallest absolute Gasteiger partial charge is 0.259 e. The molecule has 2 aliphatic heterocycles. The lowest BCUT2D eigenvalue weighted by atomic mass is 9.88. The molecule has 7 nitrogen and oxygen atoms in total. The van der Waals surface area contributed by atoms with Crippen LogP contribution in [0.15, 0.2) is 47.8 Å². The number of Topliss-reactive ketones (excluding diaryl/α,β-unsaturated/α-hetero) is 1. The van der Waals surface area contributed by atoms with E-state index < -0.39 is 5.92 Å². The number of ketones is 1. The molecule has 1 N–H and O–H groups in total. The monoisotopic (exact) mass is 348 g/mol. The number of carbonyl (C=O) groups is 3. The number of nitrogens with one attached hydrogen (secondary N) is 1. The van der Waals surface area contributed by atoms with E-state index in [1.165, 1.54) is 5.01 Å². The SMILES string of the molecule is CN1N=C(c2ccncc2)[C@@H](C(=O)c2ccc3c(c2)CCC(=O)N3)C1=O. The van der Waals surface area contributed by atoms with E-state index in [9.17, 15) is 14.4 Å². The van der Waals surface area contributed by atoms with Gasteiger partial charge in [-0.25, -0.2) is 5.01 Å². The third kappa shape index (κ3) is 2.67. The van der Waals surface area contributed by atoms with Crippen LogP contribution in [-0.4, -0.2) is 40.3 Å². The van der Waals surface area contributed by atoms with Crippen LogP contribution < -0.4 is 5.32 Å². The molecule has 0 saturated heterocycles. The Balaban J connectivity index is 1.70. The number of benzene rings is 1. The molecule has 0 bridgehead atoms. The molecule has 3 heterocycles. The molecule has 2 amide bonds. The van der Waals surface area contributed by atoms with Crippen LogP contribution in [0.1, 0.15) is 27.9 Å². The number of amides is 2. The standard InChI is InChI=1S/C19H16N4O3/c1-23-19(26)16(17(22-23)11-6-8-20-9-7-11)18(25)13-2-4-14-12(10-13)3-5-15(24)21-14/h2,4,6-10,16H,3,5H2,1H3,(H,21,24)/t16-/m0/s1. The lowest BCUT2D eigenvalue weighted by Gasteiger charge is -2.18. The Kier molecular flexibility index (Phi) is 3.84. The predicted molar refractivity (Wildman–Crippen MR) is 94.8 cm³/mol. The van der Waals surface area contributed by atoms with Crippen molar-refractivity contribution in [2.75, 3.05) is 12.4 Å². The number of carbonyl (C=O) groups excluding carboxylic acids is 3. The highest BCUT2D eigenvalue weighted by atomic mass is 16.2. The Morgan fingerprint density at radius 3 is 2.69 bits per heavy atom. The minimum atomic E-state index is -0.973. The zero-order valence-corrected chi connectivity index (χ0v) is 14.1. The molecule has 4 rings (SSSR count). The van der Waals surface area contributed by atoms with Gasteiger partial charge in [0.15, 0.2) is 5.78 Å². The van der Waals surface area contributed by atoms with E-state index in [2.05, 4.69) is 15.4 Å². The Morgan fingerprint density at radius 2 is 1.92 bits per heavy atom. The highest BCUT2D eigenvalue weighted by molar-refractivity contribution is 6.31. The van der Waals surface area contributed by atoms with Gasteiger partial charge >= 0.3 is 0 Å². The third-order valence-corrected chi connectivity index (χ3v) is 4.62. The first-order valence-corrected chi connectivity index (χ1v) is 8.28. The highest BCUT2D eigenvalue weighted by Crippen LogP contribution is 2.28. The van der Waals surface area contributed by atoms with E-state index in [4.69, 9.17) is 0 Å². The van der Waals surface area contributed by atoms with Gasteiger partial charge in [0.1, 0.15) is 5.92 Å². The van der Waals surface area contributed by atoms with Crippen LogP contribution in [0.4, 0.5) is 5.69 Å². The summed E-state index contributed by atoms with van der Waals surface area (Å²) in [4.78, 5) is 41.1. The molecule has 2 aliphatic rings. The summed E-state index contributed by atoms with van der Waals surface area (Å²) in [6, 6.07) is 8.57. The Bertz CT molecular complexity index is 953. The highest BCUT2D eigenvalue weighted by Gasteiger charge is 2.40. The molecule has 0 saturated carbocycles. The van der Waals surface area contributed by atoms with E-state index in [1.54, 1.807) is 49.8 Å². The van der Waals surface area contributed by atoms with Crippen LogP contribution in [-0.2, 0) is 16.0 Å². The van der Waals surface area contributed by atoms with Gasteiger partial charge in [0.2, 0.25) is 5.91 Å². The quantitative estimate of drug-likeness (QED) is 0.674. The fraction of sp³-hybridized carbons (Fsp3) is 0.211. The lowest BCUT2D eigenvalue weighted by Crippen LogP contribution is -2.32. The number of nitrogens with zero attached hydrogens (tertiary/aromatic N) is 3. The summed E-state index contributed by atoms with van der Waals surface area (Å²) < 4.78 is 0. The lowest BCUT2D eigenvalue weighted by molar-refractivity contribution is -0.129. The molecule has 2 aromatic rings. The first kappa shape index (κ1) is 16.1. The molecule has 26 heavy (non-hydrogen) atoms. The summed E-state index contributed by atoms with van der Waals surface area (Å²) in [6.07, 6.45) is 4.17. The summed E-state index contributed by atoms with van der Waals surface area (Å²) in [5.41, 5.74) is 3.18. The minimum Gasteiger partial charge on any atom is -0.326 e. The van der Waals surface area contributed by atoms with Crippen molar-refractivity contribution in [3.63, 3.8) is 0 Å². The molecule has 1 aromatic carbocycles. The van der Waals surface area contributed by atoms with Crippen molar-refractivity contribution in [1.29, 1.82) is 0 Å². The maximum Gasteiger partial charge on any atom is 0.259 e. The minimum absolute atomic E-state index is 0.0312. The number of aryl methyl sites for hydroxylation is 1. The maximum atomic E-state index is 13.1. The zero-order chi connectivity index (χ0) is 18.3. The van der Waals surface area contributed by atoms with Crippen molar-refractivity contribution >= 4 is 29.0 Å². The summed E-state index contributed by atoms with van der Waals surface area (Å²) in [6.45, 7) is 0. The van der Waals surface area contributed by atoms with Crippen LogP contribution >= 0.6 is 0 Å². The molecule has 0 radical (unpaired) electrons. The second-order valence-corrected chi connectivity index (χ2v) is 6.30. The van der Waals surface area contributed by atoms with Gasteiger partial charge in [-0.1, -0.05) is 0 Å². The van der Waals surface area contributed by atoms with Gasteiger partial charge in [0.25, 0.3) is 5.91 Å². The predicted octanol–water partition coefficient (Wildman–Crippen LogP) is 1.64. The molecular formula is C19H16N4O3. The van der Waals surface area contributed by atoms with Crippen molar-refractivity contribution in [3.8, 4) is 0 Å². The van der Waals surface area contributed by atoms with Gasteiger partial charge in [-0.3, -0.25) is 19.4 Å². The van der Waals surface area contributed by atoms with E-state index in [0.717, 1.165) is 11.3 Å². The fourth-order valence-corrected chi connectivity index (χ4v) is 3.26. The number of pyridine rings is 1. The van der Waals surface area contributed by atoms with Crippen molar-refractivity contribution < 1.29 is 14.4 Å². The van der Waals surface area contributed by atoms with Crippen LogP contribution in [0.3, 0.4) is 0 Å². The average Bonchev–Trinajstić information content (AvgIpc) is 2.96. The molecular weight excluding hydrogens is 332 g/mol. The summed E-state index contributed by atoms with van der Waals surface area (Å²) >= 11 is 0. The van der Waals surface area contributed by atoms with Gasteiger partial charge in [-0.05, 0) is 42.3 Å². The molecule has 0 spiro atoms. The van der Waals surface area contributed by atoms with Gasteiger partial charge in [0.05, 0.1) is 5.71 Å². The second kappa shape index (κ2) is 6.18. The van der Waals surface area contributed by atoms with Gasteiger partial charge in [-0.15, -0.1) is 0 Å². The average molecular weight is 348 g/mol. The van der Waals surface area contributed by atoms with Crippen molar-refractivity contribution in [2.24, 2.45) is 11.0 Å². The number of rotatable bonds is 3. The number of hydrogen-bond donors (Lipinski definition) is 1. The Labute approximate surface area is 149 Å². The van der Waals surface area contributed by atoms with E-state index in [0.29, 0.717) is 29.7 Å². The van der Waals surface area contributed by atoms with Crippen molar-refractivity contribution in [1.82, 2.24) is 9.99 Å². The number of hydrazone groups is 1. The molecule has 7 heteroatoms. The van der Waals surface area contributed by atoms with E-state index in [1.807, 2.05) is 0 Å². The molecule has 1 atom stereocenters. The summed E-state index contributed by atoms with van der Waals surface area (Å²) in [7, 11) is 1.54. The first-order valence-electron chi connectivity index (χ1n) is 8.28. The van der Waals surface area contributed by atoms with Crippen molar-refractivity contribution in [2.45, 2.75) is 12.8 Å². The van der Waals surface area contributed by atoms with E-state index >= 15 is 0 Å².